The Hall–Kier alpha value is -3.45. The highest BCUT2D eigenvalue weighted by Crippen LogP contribution is 2.18. The number of nitro groups is 1. The number of ketones is 1. The van der Waals surface area contributed by atoms with Crippen molar-refractivity contribution in [2.75, 3.05) is 0 Å². The molecule has 6 nitrogen and oxygen atoms in total. The Labute approximate surface area is 174 Å². The second-order valence-electron chi connectivity index (χ2n) is 6.54. The highest BCUT2D eigenvalue weighted by atomic mass is 32.1. The maximum atomic E-state index is 13.3. The number of rotatable bonds is 7. The SMILES string of the molecule is Cc1ccc[n+]([C@@H](C(=O)c2cccc([N+](=O)[O-])c2)C([S-])=NCc2ccccc2)c1. The highest BCUT2D eigenvalue weighted by molar-refractivity contribution is 7.77. The van der Waals surface area contributed by atoms with Gasteiger partial charge in [-0.05, 0) is 23.6 Å². The molecule has 0 fully saturated rings. The van der Waals surface area contributed by atoms with Crippen LogP contribution in [0.15, 0.2) is 84.1 Å². The van der Waals surface area contributed by atoms with E-state index in [1.54, 1.807) is 16.8 Å². The summed E-state index contributed by atoms with van der Waals surface area (Å²) in [5.74, 6) is -0.342. The van der Waals surface area contributed by atoms with Gasteiger partial charge in [0.15, 0.2) is 12.4 Å². The lowest BCUT2D eigenvalue weighted by Crippen LogP contribution is -2.47. The zero-order valence-corrected chi connectivity index (χ0v) is 16.6. The zero-order valence-electron chi connectivity index (χ0n) is 15.8. The summed E-state index contributed by atoms with van der Waals surface area (Å²) in [6, 6.07) is 18.1. The number of non-ortho nitro benzene ring substituents is 1. The molecule has 2 aromatic carbocycles. The first-order valence-electron chi connectivity index (χ1n) is 8.97. The van der Waals surface area contributed by atoms with Gasteiger partial charge < -0.3 is 17.6 Å². The minimum absolute atomic E-state index is 0.143. The molecule has 0 N–H and O–H groups in total. The van der Waals surface area contributed by atoms with Gasteiger partial charge in [0.2, 0.25) is 11.8 Å². The smallest absolute Gasteiger partial charge is 0.270 e. The van der Waals surface area contributed by atoms with Crippen molar-refractivity contribution in [2.45, 2.75) is 19.5 Å². The molecular weight excluding hydrogens is 386 g/mol. The third-order valence-electron chi connectivity index (χ3n) is 4.35. The van der Waals surface area contributed by atoms with Crippen molar-refractivity contribution in [1.29, 1.82) is 0 Å². The van der Waals surface area contributed by atoms with E-state index in [-0.39, 0.29) is 22.1 Å². The third kappa shape index (κ3) is 5.08. The van der Waals surface area contributed by atoms with Gasteiger partial charge >= 0.3 is 0 Å². The molecule has 0 saturated heterocycles. The summed E-state index contributed by atoms with van der Waals surface area (Å²) in [5, 5.41) is 11.3. The standard InChI is InChI=1S/C22H19N3O3S/c1-16-7-6-12-24(15-16)20(22(29)23-14-17-8-3-2-4-9-17)21(26)18-10-5-11-19(13-18)25(27)28/h2-13,15,20H,14H2,1H3/t20-/m0/s1. The van der Waals surface area contributed by atoms with E-state index < -0.39 is 11.0 Å². The number of carbonyl (C=O) groups is 1. The van der Waals surface area contributed by atoms with Crippen LogP contribution in [0, 0.1) is 17.0 Å². The van der Waals surface area contributed by atoms with Crippen LogP contribution in [0.5, 0.6) is 0 Å². The number of aliphatic imine (C=N–C) groups is 1. The highest BCUT2D eigenvalue weighted by Gasteiger charge is 2.29. The van der Waals surface area contributed by atoms with Crippen molar-refractivity contribution in [2.24, 2.45) is 4.99 Å². The minimum atomic E-state index is -0.865. The largest absolute Gasteiger partial charge is 0.758 e. The van der Waals surface area contributed by atoms with Gasteiger partial charge in [-0.25, -0.2) is 0 Å². The zero-order chi connectivity index (χ0) is 20.8. The van der Waals surface area contributed by atoms with E-state index in [1.807, 2.05) is 55.6 Å². The number of carbonyl (C=O) groups excluding carboxylic acids is 1. The average molecular weight is 405 g/mol. The number of nitro benzene ring substituents is 1. The fourth-order valence-electron chi connectivity index (χ4n) is 2.92. The van der Waals surface area contributed by atoms with Gasteiger partial charge in [0.25, 0.3) is 5.69 Å². The number of aryl methyl sites for hydroxylation is 1. The van der Waals surface area contributed by atoms with Gasteiger partial charge in [-0.3, -0.25) is 14.9 Å². The number of hydrogen-bond donors (Lipinski definition) is 0. The molecule has 1 aromatic heterocycles. The van der Waals surface area contributed by atoms with E-state index in [0.29, 0.717) is 6.54 Å². The first-order chi connectivity index (χ1) is 14.0. The Morgan fingerprint density at radius 2 is 1.90 bits per heavy atom. The van der Waals surface area contributed by atoms with Crippen LogP contribution in [0.4, 0.5) is 5.69 Å². The lowest BCUT2D eigenvalue weighted by Gasteiger charge is -2.19. The molecule has 0 saturated carbocycles. The molecule has 1 atom stereocenters. The number of hydrogen-bond acceptors (Lipinski definition) is 5. The summed E-state index contributed by atoms with van der Waals surface area (Å²) < 4.78 is 1.70. The molecule has 0 amide bonds. The molecule has 0 radical (unpaired) electrons. The van der Waals surface area contributed by atoms with E-state index in [4.69, 9.17) is 12.6 Å². The molecule has 3 aromatic rings. The van der Waals surface area contributed by atoms with Crippen molar-refractivity contribution in [3.63, 3.8) is 0 Å². The van der Waals surface area contributed by atoms with Crippen molar-refractivity contribution in [1.82, 2.24) is 0 Å². The maximum Gasteiger partial charge on any atom is 0.270 e. The van der Waals surface area contributed by atoms with E-state index in [0.717, 1.165) is 11.1 Å². The topological polar surface area (TPSA) is 76.5 Å². The summed E-state index contributed by atoms with van der Waals surface area (Å²) in [4.78, 5) is 28.3. The number of Topliss-reactive ketones (excluding diaryl/α,β-unsaturated/α-hetero) is 1. The van der Waals surface area contributed by atoms with Crippen molar-refractivity contribution < 1.29 is 14.3 Å². The summed E-state index contributed by atoms with van der Waals surface area (Å²) in [6.45, 7) is 2.26. The van der Waals surface area contributed by atoms with E-state index >= 15 is 0 Å². The molecular formula is C22H19N3O3S. The molecule has 0 aliphatic rings. The first-order valence-corrected chi connectivity index (χ1v) is 9.38. The summed E-state index contributed by atoms with van der Waals surface area (Å²) in [6.07, 6.45) is 3.56. The fraction of sp³-hybridized carbons (Fsp3) is 0.136. The minimum Gasteiger partial charge on any atom is -0.758 e. The molecule has 0 unspecified atom stereocenters. The normalized spacial score (nSPS) is 12.4. The summed E-state index contributed by atoms with van der Waals surface area (Å²) in [7, 11) is 0. The Bertz CT molecular complexity index is 1070. The number of aromatic nitrogens is 1. The third-order valence-corrected chi connectivity index (χ3v) is 4.70. The maximum absolute atomic E-state index is 13.3. The predicted octanol–water partition coefficient (Wildman–Crippen LogP) is 3.76. The number of benzene rings is 2. The van der Waals surface area contributed by atoms with Gasteiger partial charge in [-0.15, -0.1) is 0 Å². The molecule has 0 aliphatic carbocycles. The average Bonchev–Trinajstić information content (AvgIpc) is 2.73. The van der Waals surface area contributed by atoms with Gasteiger partial charge in [0, 0.05) is 29.3 Å². The molecule has 29 heavy (non-hydrogen) atoms. The lowest BCUT2D eigenvalue weighted by atomic mass is 10.0. The van der Waals surface area contributed by atoms with Crippen LogP contribution in [0.2, 0.25) is 0 Å². The second kappa shape index (κ2) is 9.16. The molecule has 1 heterocycles. The Balaban J connectivity index is 2.00. The van der Waals surface area contributed by atoms with Gasteiger partial charge in [0.1, 0.15) is 0 Å². The van der Waals surface area contributed by atoms with Crippen LogP contribution in [0.25, 0.3) is 0 Å². The van der Waals surface area contributed by atoms with Gasteiger partial charge in [-0.2, -0.15) is 4.57 Å². The van der Waals surface area contributed by atoms with Crippen LogP contribution in [-0.2, 0) is 19.2 Å². The molecule has 7 heteroatoms. The van der Waals surface area contributed by atoms with Crippen molar-refractivity contribution in [3.8, 4) is 0 Å². The van der Waals surface area contributed by atoms with Gasteiger partial charge in [0.05, 0.1) is 11.5 Å². The van der Waals surface area contributed by atoms with Crippen molar-refractivity contribution in [3.05, 3.63) is 106 Å². The lowest BCUT2D eigenvalue weighted by molar-refractivity contribution is -0.692. The summed E-state index contributed by atoms with van der Waals surface area (Å²) >= 11 is 5.52. The predicted molar refractivity (Wildman–Crippen MR) is 113 cm³/mol. The van der Waals surface area contributed by atoms with Crippen LogP contribution in [0.3, 0.4) is 0 Å². The molecule has 0 spiro atoms. The Kier molecular flexibility index (Phi) is 6.41. The van der Waals surface area contributed by atoms with E-state index in [2.05, 4.69) is 4.99 Å². The summed E-state index contributed by atoms with van der Waals surface area (Å²) in [5.41, 5.74) is 2.01. The van der Waals surface area contributed by atoms with Crippen molar-refractivity contribution >= 4 is 29.1 Å². The monoisotopic (exact) mass is 405 g/mol. The van der Waals surface area contributed by atoms with E-state index in [1.165, 1.54) is 18.2 Å². The quantitative estimate of drug-likeness (QED) is 0.114. The number of pyridine rings is 1. The van der Waals surface area contributed by atoms with Crippen LogP contribution in [-0.4, -0.2) is 15.8 Å². The molecule has 146 valence electrons. The Morgan fingerprint density at radius 3 is 2.59 bits per heavy atom. The fourth-order valence-corrected chi connectivity index (χ4v) is 3.21. The number of nitrogens with zero attached hydrogens (tertiary/aromatic N) is 3. The first kappa shape index (κ1) is 20.3. The Morgan fingerprint density at radius 1 is 1.14 bits per heavy atom. The van der Waals surface area contributed by atoms with Crippen LogP contribution < -0.4 is 4.57 Å². The second-order valence-corrected chi connectivity index (χ2v) is 6.96. The van der Waals surface area contributed by atoms with Gasteiger partial charge in [-0.1, -0.05) is 42.5 Å². The van der Waals surface area contributed by atoms with Crippen LogP contribution in [0.1, 0.15) is 27.5 Å². The molecule has 0 aliphatic heterocycles. The molecule has 3 rings (SSSR count). The van der Waals surface area contributed by atoms with E-state index in [9.17, 15) is 14.9 Å². The molecule has 0 bridgehead atoms. The van der Waals surface area contributed by atoms with Crippen LogP contribution >= 0.6 is 0 Å².